The zero-order chi connectivity index (χ0) is 23.2. The average molecular weight is 478 g/mol. The van der Waals surface area contributed by atoms with E-state index in [-0.39, 0.29) is 11.7 Å². The third-order valence-electron chi connectivity index (χ3n) is 4.72. The summed E-state index contributed by atoms with van der Waals surface area (Å²) in [7, 11) is 0. The molecule has 0 aliphatic carbocycles. The molecule has 9 heteroatoms. The van der Waals surface area contributed by atoms with Crippen LogP contribution >= 0.6 is 23.4 Å². The fraction of sp³-hybridized carbons (Fsp3) is 0.0833. The summed E-state index contributed by atoms with van der Waals surface area (Å²) >= 11 is 7.16. The fourth-order valence-corrected chi connectivity index (χ4v) is 4.09. The minimum absolute atomic E-state index is 0.0155. The van der Waals surface area contributed by atoms with Crippen molar-refractivity contribution in [1.82, 2.24) is 14.8 Å². The van der Waals surface area contributed by atoms with Gasteiger partial charge in [0.1, 0.15) is 11.9 Å². The van der Waals surface area contributed by atoms with Crippen LogP contribution in [0.1, 0.15) is 11.1 Å². The van der Waals surface area contributed by atoms with E-state index in [1.165, 1.54) is 23.9 Å². The molecule has 1 amide bonds. The molecule has 0 aliphatic heterocycles. The second kappa shape index (κ2) is 10.3. The van der Waals surface area contributed by atoms with E-state index in [1.807, 2.05) is 36.4 Å². The highest BCUT2D eigenvalue weighted by Crippen LogP contribution is 2.27. The number of hydrogen-bond donors (Lipinski definition) is 1. The van der Waals surface area contributed by atoms with E-state index in [1.54, 1.807) is 34.9 Å². The van der Waals surface area contributed by atoms with Crippen LogP contribution in [0.5, 0.6) is 0 Å². The Morgan fingerprint density at radius 3 is 2.61 bits per heavy atom. The minimum Gasteiger partial charge on any atom is -0.324 e. The maximum atomic E-state index is 14.5. The van der Waals surface area contributed by atoms with Crippen molar-refractivity contribution in [2.24, 2.45) is 0 Å². The number of thioether (sulfide) groups is 1. The highest BCUT2D eigenvalue weighted by molar-refractivity contribution is 7.99. The Kier molecular flexibility index (Phi) is 7.03. The number of nitrogens with one attached hydrogen (secondary N) is 1. The van der Waals surface area contributed by atoms with Gasteiger partial charge in [0.2, 0.25) is 5.91 Å². The standard InChI is InChI=1S/C24H17ClFN5OS/c25-18-11-10-17(13-27)21(12-18)28-22(32)15-33-24-30-29-23(19-8-4-5-9-20(19)26)31(24)14-16-6-2-1-3-7-16/h1-12H,14-15H2,(H,28,32). The summed E-state index contributed by atoms with van der Waals surface area (Å²) in [5.41, 5.74) is 1.97. The van der Waals surface area contributed by atoms with Crippen LogP contribution in [0.15, 0.2) is 78.0 Å². The predicted octanol–water partition coefficient (Wildman–Crippen LogP) is 5.39. The second-order valence-electron chi connectivity index (χ2n) is 7.00. The summed E-state index contributed by atoms with van der Waals surface area (Å²) in [5, 5.41) is 21.2. The molecule has 0 spiro atoms. The molecule has 0 aliphatic rings. The van der Waals surface area contributed by atoms with Gasteiger partial charge in [0.25, 0.3) is 0 Å². The lowest BCUT2D eigenvalue weighted by molar-refractivity contribution is -0.113. The van der Waals surface area contributed by atoms with E-state index in [0.717, 1.165) is 5.56 Å². The van der Waals surface area contributed by atoms with E-state index in [4.69, 9.17) is 11.6 Å². The van der Waals surface area contributed by atoms with E-state index < -0.39 is 5.82 Å². The zero-order valence-electron chi connectivity index (χ0n) is 17.2. The lowest BCUT2D eigenvalue weighted by Crippen LogP contribution is -2.15. The molecule has 4 aromatic rings. The van der Waals surface area contributed by atoms with Gasteiger partial charge in [-0.3, -0.25) is 9.36 Å². The number of hydrogen-bond acceptors (Lipinski definition) is 5. The van der Waals surface area contributed by atoms with Crippen molar-refractivity contribution in [2.75, 3.05) is 11.1 Å². The molecule has 3 aromatic carbocycles. The molecule has 1 N–H and O–H groups in total. The first-order valence-corrected chi connectivity index (χ1v) is 11.3. The third kappa shape index (κ3) is 5.40. The van der Waals surface area contributed by atoms with Crippen LogP contribution in [0, 0.1) is 17.1 Å². The number of carbonyl (C=O) groups is 1. The molecule has 0 saturated carbocycles. The van der Waals surface area contributed by atoms with E-state index >= 15 is 0 Å². The number of nitrogens with zero attached hydrogens (tertiary/aromatic N) is 4. The molecule has 0 saturated heterocycles. The third-order valence-corrected chi connectivity index (χ3v) is 5.93. The first kappa shape index (κ1) is 22.5. The monoisotopic (exact) mass is 477 g/mol. The fourth-order valence-electron chi connectivity index (χ4n) is 3.18. The Morgan fingerprint density at radius 1 is 1.09 bits per heavy atom. The predicted molar refractivity (Wildman–Crippen MR) is 126 cm³/mol. The van der Waals surface area contributed by atoms with E-state index in [0.29, 0.717) is 39.4 Å². The molecule has 33 heavy (non-hydrogen) atoms. The van der Waals surface area contributed by atoms with Crippen LogP contribution in [0.2, 0.25) is 5.02 Å². The van der Waals surface area contributed by atoms with Gasteiger partial charge in [-0.2, -0.15) is 5.26 Å². The topological polar surface area (TPSA) is 83.6 Å². The number of carbonyl (C=O) groups excluding carboxylic acids is 1. The largest absolute Gasteiger partial charge is 0.324 e. The van der Waals surface area contributed by atoms with Gasteiger partial charge >= 0.3 is 0 Å². The van der Waals surface area contributed by atoms with Gasteiger partial charge < -0.3 is 5.32 Å². The van der Waals surface area contributed by atoms with Gasteiger partial charge in [0.15, 0.2) is 11.0 Å². The minimum atomic E-state index is -0.404. The molecule has 0 bridgehead atoms. The summed E-state index contributed by atoms with van der Waals surface area (Å²) in [6.07, 6.45) is 0. The molecule has 0 radical (unpaired) electrons. The number of nitriles is 1. The molecule has 4 rings (SSSR count). The lowest BCUT2D eigenvalue weighted by atomic mass is 10.2. The zero-order valence-corrected chi connectivity index (χ0v) is 18.8. The average Bonchev–Trinajstić information content (AvgIpc) is 3.21. The molecule has 164 valence electrons. The summed E-state index contributed by atoms with van der Waals surface area (Å²) in [6, 6.07) is 22.7. The van der Waals surface area contributed by atoms with Crippen molar-refractivity contribution >= 4 is 35.0 Å². The molecule has 6 nitrogen and oxygen atoms in total. The van der Waals surface area contributed by atoms with E-state index in [2.05, 4.69) is 15.5 Å². The quantitative estimate of drug-likeness (QED) is 0.361. The van der Waals surface area contributed by atoms with Crippen molar-refractivity contribution in [2.45, 2.75) is 11.7 Å². The molecule has 1 heterocycles. The van der Waals surface area contributed by atoms with Crippen molar-refractivity contribution in [3.8, 4) is 17.5 Å². The summed E-state index contributed by atoms with van der Waals surface area (Å²) in [4.78, 5) is 12.6. The maximum absolute atomic E-state index is 14.5. The molecule has 0 fully saturated rings. The SMILES string of the molecule is N#Cc1ccc(Cl)cc1NC(=O)CSc1nnc(-c2ccccc2F)n1Cc1ccccc1. The van der Waals surface area contributed by atoms with Crippen LogP contribution in [-0.2, 0) is 11.3 Å². The van der Waals surface area contributed by atoms with Crippen molar-refractivity contribution in [1.29, 1.82) is 5.26 Å². The van der Waals surface area contributed by atoms with Gasteiger partial charge in [-0.05, 0) is 35.9 Å². The van der Waals surface area contributed by atoms with Crippen LogP contribution in [0.4, 0.5) is 10.1 Å². The van der Waals surface area contributed by atoms with E-state index in [9.17, 15) is 14.4 Å². The molecule has 1 aromatic heterocycles. The number of benzene rings is 3. The first-order chi connectivity index (χ1) is 16.0. The normalized spacial score (nSPS) is 10.6. The van der Waals surface area contributed by atoms with Gasteiger partial charge in [0, 0.05) is 5.02 Å². The highest BCUT2D eigenvalue weighted by Gasteiger charge is 2.19. The Hall–Kier alpha value is -3.67. The Labute approximate surface area is 199 Å². The van der Waals surface area contributed by atoms with Crippen LogP contribution in [0.3, 0.4) is 0 Å². The van der Waals surface area contributed by atoms with Gasteiger partial charge in [-0.15, -0.1) is 10.2 Å². The number of amides is 1. The van der Waals surface area contributed by atoms with Crippen molar-refractivity contribution in [3.63, 3.8) is 0 Å². The molecule has 0 atom stereocenters. The first-order valence-electron chi connectivity index (χ1n) is 9.89. The molecule has 0 unspecified atom stereocenters. The number of halogens is 2. The molecular formula is C24H17ClFN5OS. The van der Waals surface area contributed by atoms with Crippen molar-refractivity contribution < 1.29 is 9.18 Å². The Bertz CT molecular complexity index is 1340. The summed E-state index contributed by atoms with van der Waals surface area (Å²) < 4.78 is 16.3. The number of rotatable bonds is 7. The Balaban J connectivity index is 1.57. The number of anilines is 1. The van der Waals surface area contributed by atoms with Gasteiger partial charge in [0.05, 0.1) is 29.1 Å². The van der Waals surface area contributed by atoms with Gasteiger partial charge in [-0.1, -0.05) is 65.8 Å². The maximum Gasteiger partial charge on any atom is 0.234 e. The Morgan fingerprint density at radius 2 is 1.85 bits per heavy atom. The molecular weight excluding hydrogens is 461 g/mol. The van der Waals surface area contributed by atoms with Gasteiger partial charge in [-0.25, -0.2) is 4.39 Å². The van der Waals surface area contributed by atoms with Crippen LogP contribution in [-0.4, -0.2) is 26.4 Å². The highest BCUT2D eigenvalue weighted by atomic mass is 35.5. The van der Waals surface area contributed by atoms with Crippen molar-refractivity contribution in [3.05, 3.63) is 94.8 Å². The van der Waals surface area contributed by atoms with Crippen LogP contribution in [0.25, 0.3) is 11.4 Å². The summed E-state index contributed by atoms with van der Waals surface area (Å²) in [5.74, 6) is -0.345. The lowest BCUT2D eigenvalue weighted by Gasteiger charge is -2.11. The summed E-state index contributed by atoms with van der Waals surface area (Å²) in [6.45, 7) is 0.411. The second-order valence-corrected chi connectivity index (χ2v) is 8.38. The number of aromatic nitrogens is 3. The van der Waals surface area contributed by atoms with Crippen LogP contribution < -0.4 is 5.32 Å². The smallest absolute Gasteiger partial charge is 0.234 e.